The van der Waals surface area contributed by atoms with Gasteiger partial charge in [-0.3, -0.25) is 10.1 Å². The molecule has 0 spiro atoms. The lowest BCUT2D eigenvalue weighted by Gasteiger charge is -2.29. The highest BCUT2D eigenvalue weighted by Gasteiger charge is 2.20. The summed E-state index contributed by atoms with van der Waals surface area (Å²) in [6, 6.07) is 4.09. The smallest absolute Gasteiger partial charge is 0.129 e. The van der Waals surface area contributed by atoms with Crippen LogP contribution in [0, 0.1) is 13.8 Å². The standard InChI is InChI=1S/C17H20ClN5S/c1-10-5-11(2)17(22-7-10)12-6-16(21-8-13(12)18)23-4-3-15(24-20)14(19)9-23/h5-8H,3-4,9,19-20H2,1-2H3. The Morgan fingerprint density at radius 2 is 2.00 bits per heavy atom. The molecule has 0 aromatic carbocycles. The summed E-state index contributed by atoms with van der Waals surface area (Å²) in [4.78, 5) is 12.2. The van der Waals surface area contributed by atoms with Gasteiger partial charge in [-0.25, -0.2) is 4.98 Å². The summed E-state index contributed by atoms with van der Waals surface area (Å²) in [7, 11) is 0. The van der Waals surface area contributed by atoms with E-state index in [-0.39, 0.29) is 0 Å². The van der Waals surface area contributed by atoms with Crippen molar-refractivity contribution < 1.29 is 0 Å². The zero-order chi connectivity index (χ0) is 17.3. The first-order chi connectivity index (χ1) is 11.5. The maximum Gasteiger partial charge on any atom is 0.129 e. The molecule has 0 atom stereocenters. The second kappa shape index (κ2) is 7.01. The Morgan fingerprint density at radius 1 is 1.21 bits per heavy atom. The van der Waals surface area contributed by atoms with Crippen LogP contribution >= 0.6 is 23.5 Å². The van der Waals surface area contributed by atoms with Gasteiger partial charge in [0.1, 0.15) is 5.82 Å². The van der Waals surface area contributed by atoms with Crippen LogP contribution < -0.4 is 15.8 Å². The normalized spacial score (nSPS) is 15.1. The number of hydrogen-bond donors (Lipinski definition) is 2. The molecular formula is C17H20ClN5S. The average Bonchev–Trinajstić information content (AvgIpc) is 2.56. The molecule has 4 N–H and O–H groups in total. The number of pyridine rings is 2. The molecule has 0 aliphatic carbocycles. The minimum atomic E-state index is 0.594. The molecule has 24 heavy (non-hydrogen) atoms. The van der Waals surface area contributed by atoms with E-state index in [9.17, 15) is 0 Å². The highest BCUT2D eigenvalue weighted by atomic mass is 35.5. The molecule has 0 saturated carbocycles. The topological polar surface area (TPSA) is 81.1 Å². The first-order valence-electron chi connectivity index (χ1n) is 7.68. The van der Waals surface area contributed by atoms with Crippen molar-refractivity contribution in [1.29, 1.82) is 0 Å². The van der Waals surface area contributed by atoms with Crippen LogP contribution in [0.15, 0.2) is 35.1 Å². The molecular weight excluding hydrogens is 342 g/mol. The number of anilines is 1. The monoisotopic (exact) mass is 361 g/mol. The molecule has 126 valence electrons. The van der Waals surface area contributed by atoms with E-state index in [0.29, 0.717) is 11.6 Å². The number of aromatic nitrogens is 2. The van der Waals surface area contributed by atoms with Gasteiger partial charge in [0.05, 0.1) is 17.3 Å². The highest BCUT2D eigenvalue weighted by molar-refractivity contribution is 8.00. The van der Waals surface area contributed by atoms with Crippen molar-refractivity contribution in [2.24, 2.45) is 10.9 Å². The summed E-state index contributed by atoms with van der Waals surface area (Å²) in [5, 5.41) is 6.24. The summed E-state index contributed by atoms with van der Waals surface area (Å²) in [6.45, 7) is 5.51. The van der Waals surface area contributed by atoms with E-state index in [0.717, 1.165) is 51.8 Å². The average molecular weight is 362 g/mol. The SMILES string of the molecule is Cc1cnc(-c2cc(N3CCC(SN)=C(N)C3)ncc2Cl)c(C)c1. The fourth-order valence-electron chi connectivity index (χ4n) is 2.88. The molecule has 0 amide bonds. The van der Waals surface area contributed by atoms with Crippen LogP contribution in [-0.4, -0.2) is 23.1 Å². The molecule has 0 bridgehead atoms. The predicted octanol–water partition coefficient (Wildman–Crippen LogP) is 3.40. The Balaban J connectivity index is 1.97. The first kappa shape index (κ1) is 17.1. The second-order valence-corrected chi connectivity index (χ2v) is 7.07. The van der Waals surface area contributed by atoms with Crippen molar-refractivity contribution in [2.45, 2.75) is 20.3 Å². The van der Waals surface area contributed by atoms with Crippen LogP contribution in [0.3, 0.4) is 0 Å². The minimum Gasteiger partial charge on any atom is -0.400 e. The fraction of sp³-hybridized carbons (Fsp3) is 0.294. The van der Waals surface area contributed by atoms with Crippen LogP contribution in [0.5, 0.6) is 0 Å². The molecule has 1 aliphatic rings. The maximum absolute atomic E-state index is 6.38. The third-order valence-electron chi connectivity index (χ3n) is 4.11. The lowest BCUT2D eigenvalue weighted by Crippen LogP contribution is -2.34. The van der Waals surface area contributed by atoms with E-state index in [2.05, 4.69) is 20.9 Å². The molecule has 0 saturated heterocycles. The Bertz CT molecular complexity index is 806. The van der Waals surface area contributed by atoms with Crippen molar-refractivity contribution >= 4 is 29.4 Å². The van der Waals surface area contributed by atoms with E-state index >= 15 is 0 Å². The largest absolute Gasteiger partial charge is 0.400 e. The van der Waals surface area contributed by atoms with Crippen LogP contribution in [0.1, 0.15) is 17.5 Å². The van der Waals surface area contributed by atoms with Crippen molar-refractivity contribution in [3.63, 3.8) is 0 Å². The Hall–Kier alpha value is -1.76. The van der Waals surface area contributed by atoms with Crippen LogP contribution in [0.4, 0.5) is 5.82 Å². The van der Waals surface area contributed by atoms with Crippen molar-refractivity contribution in [3.8, 4) is 11.3 Å². The third-order valence-corrected chi connectivity index (χ3v) is 5.16. The molecule has 3 heterocycles. The van der Waals surface area contributed by atoms with E-state index in [1.54, 1.807) is 6.20 Å². The quantitative estimate of drug-likeness (QED) is 0.815. The fourth-order valence-corrected chi connectivity index (χ4v) is 3.50. The molecule has 0 fully saturated rings. The number of nitrogens with zero attached hydrogens (tertiary/aromatic N) is 3. The van der Waals surface area contributed by atoms with E-state index < -0.39 is 0 Å². The predicted molar refractivity (Wildman–Crippen MR) is 102 cm³/mol. The van der Waals surface area contributed by atoms with Crippen LogP contribution in [0.2, 0.25) is 5.02 Å². The second-order valence-electron chi connectivity index (χ2n) is 5.94. The van der Waals surface area contributed by atoms with Crippen molar-refractivity contribution in [2.75, 3.05) is 18.0 Å². The summed E-state index contributed by atoms with van der Waals surface area (Å²) in [6.07, 6.45) is 4.36. The van der Waals surface area contributed by atoms with Gasteiger partial charge < -0.3 is 10.6 Å². The number of halogens is 1. The van der Waals surface area contributed by atoms with Gasteiger partial charge in [0.2, 0.25) is 0 Å². The molecule has 2 aromatic rings. The number of rotatable bonds is 3. The number of aryl methyl sites for hydroxylation is 2. The van der Waals surface area contributed by atoms with E-state index in [1.807, 2.05) is 26.1 Å². The lowest BCUT2D eigenvalue weighted by atomic mass is 10.1. The lowest BCUT2D eigenvalue weighted by molar-refractivity contribution is 0.765. The number of nitrogens with two attached hydrogens (primary N) is 2. The molecule has 0 radical (unpaired) electrons. The summed E-state index contributed by atoms with van der Waals surface area (Å²) in [5.41, 5.74) is 10.9. The maximum atomic E-state index is 6.38. The Morgan fingerprint density at radius 3 is 2.67 bits per heavy atom. The van der Waals surface area contributed by atoms with E-state index in [4.69, 9.17) is 22.5 Å². The van der Waals surface area contributed by atoms with Gasteiger partial charge in [-0.15, -0.1) is 0 Å². The molecule has 7 heteroatoms. The van der Waals surface area contributed by atoms with Gasteiger partial charge in [-0.1, -0.05) is 29.6 Å². The number of hydrogen-bond acceptors (Lipinski definition) is 6. The van der Waals surface area contributed by atoms with Crippen molar-refractivity contribution in [1.82, 2.24) is 9.97 Å². The van der Waals surface area contributed by atoms with Gasteiger partial charge in [-0.2, -0.15) is 0 Å². The van der Waals surface area contributed by atoms with Gasteiger partial charge in [0, 0.05) is 35.1 Å². The molecule has 0 unspecified atom stereocenters. The Labute approximate surface area is 151 Å². The van der Waals surface area contributed by atoms with Crippen LogP contribution in [0.25, 0.3) is 11.3 Å². The zero-order valence-corrected chi connectivity index (χ0v) is 15.3. The summed E-state index contributed by atoms with van der Waals surface area (Å²) in [5.74, 6) is 0.847. The molecule has 1 aliphatic heterocycles. The third kappa shape index (κ3) is 3.36. The summed E-state index contributed by atoms with van der Waals surface area (Å²) >= 11 is 7.61. The van der Waals surface area contributed by atoms with Gasteiger partial charge >= 0.3 is 0 Å². The molecule has 2 aromatic heterocycles. The van der Waals surface area contributed by atoms with E-state index in [1.165, 1.54) is 11.9 Å². The van der Waals surface area contributed by atoms with Gasteiger partial charge in [0.15, 0.2) is 0 Å². The minimum absolute atomic E-state index is 0.594. The van der Waals surface area contributed by atoms with Crippen LogP contribution in [-0.2, 0) is 0 Å². The highest BCUT2D eigenvalue weighted by Crippen LogP contribution is 2.32. The van der Waals surface area contributed by atoms with Crippen molar-refractivity contribution in [3.05, 3.63) is 51.3 Å². The Kier molecular flexibility index (Phi) is 4.99. The first-order valence-corrected chi connectivity index (χ1v) is 8.93. The zero-order valence-electron chi connectivity index (χ0n) is 13.7. The molecule has 5 nitrogen and oxygen atoms in total. The summed E-state index contributed by atoms with van der Waals surface area (Å²) < 4.78 is 0. The van der Waals surface area contributed by atoms with Gasteiger partial charge in [0.25, 0.3) is 0 Å². The van der Waals surface area contributed by atoms with Gasteiger partial charge in [-0.05, 0) is 37.5 Å². The molecule has 3 rings (SSSR count).